The first-order valence-corrected chi connectivity index (χ1v) is 16.6. The second-order valence-electron chi connectivity index (χ2n) is 9.76. The maximum atomic E-state index is 4.23. The van der Waals surface area contributed by atoms with Crippen LogP contribution in [-0.2, 0) is 0 Å². The predicted molar refractivity (Wildman–Crippen MR) is 164 cm³/mol. The number of nitrogens with one attached hydrogen (secondary N) is 1. The summed E-state index contributed by atoms with van der Waals surface area (Å²) in [4.78, 5) is 0. The second-order valence-corrected chi connectivity index (χ2v) is 14.2. The average Bonchev–Trinajstić information content (AvgIpc) is 2.74. The minimum Gasteiger partial charge on any atom is -0.344 e. The Morgan fingerprint density at radius 2 is 0.719 bits per heavy atom. The maximum absolute atomic E-state index is 4.23. The van der Waals surface area contributed by atoms with Crippen molar-refractivity contribution in [2.45, 2.75) is 150 Å². The van der Waals surface area contributed by atoms with E-state index in [2.05, 4.69) is 32.8 Å². The van der Waals surface area contributed by atoms with E-state index in [9.17, 15) is 0 Å². The molecule has 0 spiro atoms. The zero-order chi connectivity index (χ0) is 21.5. The van der Waals surface area contributed by atoms with Gasteiger partial charge in [-0.3, -0.25) is 0 Å². The van der Waals surface area contributed by atoms with Crippen LogP contribution in [0.25, 0.3) is 0 Å². The summed E-state index contributed by atoms with van der Waals surface area (Å²) < 4.78 is 0. The normalized spacial score (nSPS) is 11.4. The molecular weight excluding hydrogens is 499 g/mol. The average molecular weight is 564 g/mol. The molecule has 0 fully saturated rings. The predicted octanol–water partition coefficient (Wildman–Crippen LogP) is 10.9. The van der Waals surface area contributed by atoms with Gasteiger partial charge in [0.1, 0.15) is 0 Å². The van der Waals surface area contributed by atoms with Gasteiger partial charge in [0.05, 0.1) is 0 Å². The fraction of sp³-hybridized carbons (Fsp3) is 1.00. The molecule has 0 aromatic rings. The second kappa shape index (κ2) is 32.1. The first-order chi connectivity index (χ1) is 14.2. The van der Waals surface area contributed by atoms with Crippen LogP contribution in [-0.4, -0.2) is 25.0 Å². The molecule has 5 heteroatoms. The van der Waals surface area contributed by atoms with E-state index in [-0.39, 0.29) is 35.5 Å². The summed E-state index contributed by atoms with van der Waals surface area (Å²) in [5.74, 6) is 0. The van der Waals surface area contributed by atoms with Gasteiger partial charge in [0.2, 0.25) is 0 Å². The van der Waals surface area contributed by atoms with Crippen LogP contribution in [0.15, 0.2) is 0 Å². The van der Waals surface area contributed by atoms with Gasteiger partial charge in [-0.2, -0.15) is 0 Å². The van der Waals surface area contributed by atoms with Gasteiger partial charge in [-0.15, -0.1) is 29.4 Å². The molecular formula is C27H65BrClN2P. The van der Waals surface area contributed by atoms with E-state index in [1.807, 2.05) is 0 Å². The Labute approximate surface area is 222 Å². The first-order valence-electron chi connectivity index (χ1n) is 14.0. The van der Waals surface area contributed by atoms with Gasteiger partial charge in [-0.1, -0.05) is 0 Å². The number of halogens is 2. The molecule has 0 bridgehead atoms. The van der Waals surface area contributed by atoms with Crippen molar-refractivity contribution in [2.24, 2.45) is 0 Å². The van der Waals surface area contributed by atoms with Crippen molar-refractivity contribution >= 4 is 36.8 Å². The van der Waals surface area contributed by atoms with E-state index in [4.69, 9.17) is 0 Å². The van der Waals surface area contributed by atoms with E-state index in [0.29, 0.717) is 0 Å². The SMILES string of the molecule is Br.CCCCCCCC[PH](CCCCCCCC)(CCCCCCCC)NCCC.Cl.N. The molecule has 0 aromatic carbocycles. The van der Waals surface area contributed by atoms with Crippen molar-refractivity contribution in [1.82, 2.24) is 11.2 Å². The standard InChI is InChI=1S/C27H60NP.BrH.ClH.H3N/c1-5-9-12-15-18-21-25-29(28-24-8-4,26-22-19-16-13-10-6-2)27-23-20-17-14-11-7-3;;;/h28-29H,5-27H2,1-4H3;2*1H;1H3. The van der Waals surface area contributed by atoms with Crippen LogP contribution in [0.2, 0.25) is 0 Å². The number of hydrogen-bond donors (Lipinski definition) is 2. The van der Waals surface area contributed by atoms with Crippen LogP contribution in [0.4, 0.5) is 0 Å². The third kappa shape index (κ3) is 25.7. The van der Waals surface area contributed by atoms with Gasteiger partial charge in [-0.05, 0) is 0 Å². The summed E-state index contributed by atoms with van der Waals surface area (Å²) in [7, 11) is -1.27. The molecule has 0 heterocycles. The Morgan fingerprint density at radius 3 is 1.00 bits per heavy atom. The quantitative estimate of drug-likeness (QED) is 0.0906. The van der Waals surface area contributed by atoms with Crippen molar-refractivity contribution < 1.29 is 0 Å². The Bertz CT molecular complexity index is 281. The van der Waals surface area contributed by atoms with Crippen molar-refractivity contribution in [3.63, 3.8) is 0 Å². The molecule has 0 atom stereocenters. The smallest absolute Gasteiger partial charge is 0.147 e. The molecule has 2 nitrogen and oxygen atoms in total. The maximum Gasteiger partial charge on any atom is -0.147 e. The van der Waals surface area contributed by atoms with E-state index in [1.165, 1.54) is 129 Å². The third-order valence-electron chi connectivity index (χ3n) is 6.78. The fourth-order valence-corrected chi connectivity index (χ4v) is 9.60. The molecule has 0 saturated heterocycles. The summed E-state index contributed by atoms with van der Waals surface area (Å²) >= 11 is 0. The molecule has 0 aromatic heterocycles. The Morgan fingerprint density at radius 1 is 0.438 bits per heavy atom. The van der Waals surface area contributed by atoms with Crippen LogP contribution in [0, 0.1) is 0 Å². The van der Waals surface area contributed by atoms with Crippen molar-refractivity contribution in [3.05, 3.63) is 0 Å². The molecule has 0 aliphatic heterocycles. The van der Waals surface area contributed by atoms with Crippen LogP contribution >= 0.6 is 36.8 Å². The number of rotatable bonds is 24. The van der Waals surface area contributed by atoms with Gasteiger partial charge in [0.15, 0.2) is 0 Å². The van der Waals surface area contributed by atoms with Crippen molar-refractivity contribution in [3.8, 4) is 0 Å². The minimum absolute atomic E-state index is 0. The van der Waals surface area contributed by atoms with Gasteiger partial charge in [-0.25, -0.2) is 0 Å². The zero-order valence-corrected chi connectivity index (χ0v) is 26.3. The van der Waals surface area contributed by atoms with E-state index in [1.54, 1.807) is 18.5 Å². The van der Waals surface area contributed by atoms with Gasteiger partial charge < -0.3 is 6.15 Å². The summed E-state index contributed by atoms with van der Waals surface area (Å²) in [5, 5.41) is 4.23. The van der Waals surface area contributed by atoms with Crippen LogP contribution in [0.5, 0.6) is 0 Å². The van der Waals surface area contributed by atoms with E-state index < -0.39 is 7.41 Å². The van der Waals surface area contributed by atoms with Crippen LogP contribution in [0.1, 0.15) is 150 Å². The molecule has 32 heavy (non-hydrogen) atoms. The molecule has 0 amide bonds. The molecule has 0 radical (unpaired) electrons. The van der Waals surface area contributed by atoms with Crippen LogP contribution in [0.3, 0.4) is 0 Å². The van der Waals surface area contributed by atoms with Crippen molar-refractivity contribution in [1.29, 1.82) is 0 Å². The molecule has 202 valence electrons. The largest absolute Gasteiger partial charge is 0.344 e. The topological polar surface area (TPSA) is 47.0 Å². The summed E-state index contributed by atoms with van der Waals surface area (Å²) in [6.45, 7) is 10.6. The molecule has 0 unspecified atom stereocenters. The summed E-state index contributed by atoms with van der Waals surface area (Å²) in [6.07, 6.45) is 32.1. The number of hydrogen-bond acceptors (Lipinski definition) is 2. The van der Waals surface area contributed by atoms with Gasteiger partial charge in [0.25, 0.3) is 0 Å². The summed E-state index contributed by atoms with van der Waals surface area (Å²) in [6, 6.07) is 0. The van der Waals surface area contributed by atoms with E-state index >= 15 is 0 Å². The Kier molecular flexibility index (Phi) is 40.4. The first kappa shape index (κ1) is 40.3. The van der Waals surface area contributed by atoms with Gasteiger partial charge >= 0.3 is 187 Å². The fourth-order valence-electron chi connectivity index (χ4n) is 4.76. The van der Waals surface area contributed by atoms with E-state index in [0.717, 1.165) is 0 Å². The van der Waals surface area contributed by atoms with Crippen molar-refractivity contribution in [2.75, 3.05) is 25.0 Å². The molecule has 4 N–H and O–H groups in total. The molecule has 0 aliphatic rings. The Hall–Kier alpha value is 1.12. The molecule has 0 saturated carbocycles. The molecule has 0 aliphatic carbocycles. The summed E-state index contributed by atoms with van der Waals surface area (Å²) in [5.41, 5.74) is 0. The minimum atomic E-state index is -1.27. The van der Waals surface area contributed by atoms with Gasteiger partial charge in [0, 0.05) is 0 Å². The van der Waals surface area contributed by atoms with Crippen LogP contribution < -0.4 is 11.2 Å². The Balaban J connectivity index is -0.00000131. The number of unbranched alkanes of at least 4 members (excludes halogenated alkanes) is 15. The third-order valence-corrected chi connectivity index (χ3v) is 11.7. The molecule has 0 rings (SSSR count). The zero-order valence-electron chi connectivity index (χ0n) is 22.8. The monoisotopic (exact) mass is 562 g/mol.